The molecule has 2 heterocycles. The summed E-state index contributed by atoms with van der Waals surface area (Å²) in [5.41, 5.74) is 2.04. The SMILES string of the molecule is COc1ccc(N2CCN(c3cc(Cl)nc(SCc4cccc(C(=O)NCc5cccc(C(F)(F)F)c5)c4)n3)CC2)cc1. The van der Waals surface area contributed by atoms with Crippen molar-refractivity contribution in [3.63, 3.8) is 0 Å². The number of piperazine rings is 1. The number of carbonyl (C=O) groups excluding carboxylic acids is 1. The third-order valence-corrected chi connectivity index (χ3v) is 8.08. The predicted octanol–water partition coefficient (Wildman–Crippen LogP) is 6.71. The van der Waals surface area contributed by atoms with E-state index in [-0.39, 0.29) is 12.5 Å². The fraction of sp³-hybridized carbons (Fsp3) is 0.258. The Bertz CT molecular complexity index is 1560. The van der Waals surface area contributed by atoms with Crippen molar-refractivity contribution < 1.29 is 22.7 Å². The van der Waals surface area contributed by atoms with E-state index in [0.29, 0.717) is 27.2 Å². The first-order chi connectivity index (χ1) is 20.7. The molecule has 224 valence electrons. The summed E-state index contributed by atoms with van der Waals surface area (Å²) in [6, 6.07) is 21.8. The number of hydrogen-bond acceptors (Lipinski definition) is 7. The summed E-state index contributed by atoms with van der Waals surface area (Å²) in [5.74, 6) is 1.71. The van der Waals surface area contributed by atoms with Crippen LogP contribution in [0.1, 0.15) is 27.0 Å². The highest BCUT2D eigenvalue weighted by Gasteiger charge is 2.30. The van der Waals surface area contributed by atoms with Crippen molar-refractivity contribution in [2.24, 2.45) is 0 Å². The highest BCUT2D eigenvalue weighted by molar-refractivity contribution is 7.98. The Morgan fingerprint density at radius 3 is 2.35 bits per heavy atom. The van der Waals surface area contributed by atoms with Crippen molar-refractivity contribution in [1.29, 1.82) is 0 Å². The first-order valence-electron chi connectivity index (χ1n) is 13.5. The van der Waals surface area contributed by atoms with E-state index in [1.54, 1.807) is 37.4 Å². The second-order valence-corrected chi connectivity index (χ2v) is 11.2. The summed E-state index contributed by atoms with van der Waals surface area (Å²) < 4.78 is 44.2. The van der Waals surface area contributed by atoms with E-state index < -0.39 is 11.7 Å². The maximum Gasteiger partial charge on any atom is 0.416 e. The first kappa shape index (κ1) is 30.5. The van der Waals surface area contributed by atoms with Gasteiger partial charge in [0.05, 0.1) is 12.7 Å². The number of halogens is 4. The quantitative estimate of drug-likeness (QED) is 0.126. The molecule has 12 heteroatoms. The Kier molecular flexibility index (Phi) is 9.62. The summed E-state index contributed by atoms with van der Waals surface area (Å²) in [6.07, 6.45) is -4.44. The van der Waals surface area contributed by atoms with Gasteiger partial charge in [-0.25, -0.2) is 9.97 Å². The highest BCUT2D eigenvalue weighted by Crippen LogP contribution is 2.30. The second kappa shape index (κ2) is 13.6. The van der Waals surface area contributed by atoms with Gasteiger partial charge in [0.1, 0.15) is 16.7 Å². The van der Waals surface area contributed by atoms with Crippen molar-refractivity contribution in [2.45, 2.75) is 23.6 Å². The largest absolute Gasteiger partial charge is 0.497 e. The van der Waals surface area contributed by atoms with Gasteiger partial charge in [0.2, 0.25) is 0 Å². The number of hydrogen-bond donors (Lipinski definition) is 1. The number of amides is 1. The van der Waals surface area contributed by atoms with Gasteiger partial charge in [-0.15, -0.1) is 0 Å². The fourth-order valence-electron chi connectivity index (χ4n) is 4.69. The van der Waals surface area contributed by atoms with Gasteiger partial charge < -0.3 is 19.9 Å². The minimum atomic E-state index is -4.44. The lowest BCUT2D eigenvalue weighted by Gasteiger charge is -2.36. The summed E-state index contributed by atoms with van der Waals surface area (Å²) in [7, 11) is 1.65. The Hall–Kier alpha value is -3.96. The van der Waals surface area contributed by atoms with Gasteiger partial charge in [0, 0.05) is 55.8 Å². The minimum Gasteiger partial charge on any atom is -0.497 e. The van der Waals surface area contributed by atoms with Gasteiger partial charge in [-0.05, 0) is 59.7 Å². The van der Waals surface area contributed by atoms with Crippen LogP contribution in [0.2, 0.25) is 5.15 Å². The molecule has 4 aromatic rings. The van der Waals surface area contributed by atoms with E-state index >= 15 is 0 Å². The second-order valence-electron chi connectivity index (χ2n) is 9.87. The molecule has 1 N–H and O–H groups in total. The summed E-state index contributed by atoms with van der Waals surface area (Å²) >= 11 is 7.77. The van der Waals surface area contributed by atoms with Crippen LogP contribution in [0.4, 0.5) is 24.7 Å². The van der Waals surface area contributed by atoms with E-state index in [4.69, 9.17) is 21.3 Å². The average Bonchev–Trinajstić information content (AvgIpc) is 3.02. The molecule has 0 unspecified atom stereocenters. The number of ether oxygens (including phenoxy) is 1. The number of thioether (sulfide) groups is 1. The zero-order valence-electron chi connectivity index (χ0n) is 23.3. The van der Waals surface area contributed by atoms with E-state index in [1.165, 1.54) is 17.8 Å². The average molecular weight is 628 g/mol. The van der Waals surface area contributed by atoms with Crippen LogP contribution >= 0.6 is 23.4 Å². The smallest absolute Gasteiger partial charge is 0.416 e. The molecule has 1 aliphatic rings. The predicted molar refractivity (Wildman–Crippen MR) is 163 cm³/mol. The van der Waals surface area contributed by atoms with Gasteiger partial charge in [0.15, 0.2) is 5.16 Å². The molecule has 0 atom stereocenters. The molecule has 1 aromatic heterocycles. The monoisotopic (exact) mass is 627 g/mol. The van der Waals surface area contributed by atoms with Gasteiger partial charge >= 0.3 is 6.18 Å². The van der Waals surface area contributed by atoms with Crippen molar-refractivity contribution in [3.8, 4) is 5.75 Å². The van der Waals surface area contributed by atoms with E-state index in [0.717, 1.165) is 61.1 Å². The lowest BCUT2D eigenvalue weighted by molar-refractivity contribution is -0.137. The van der Waals surface area contributed by atoms with E-state index in [2.05, 4.69) is 32.2 Å². The number of nitrogens with one attached hydrogen (secondary N) is 1. The number of anilines is 2. The molecule has 0 aliphatic carbocycles. The van der Waals surface area contributed by atoms with Crippen LogP contribution in [0, 0.1) is 0 Å². The topological polar surface area (TPSA) is 70.6 Å². The van der Waals surface area contributed by atoms with Crippen LogP contribution in [0.5, 0.6) is 5.75 Å². The van der Waals surface area contributed by atoms with Gasteiger partial charge in [-0.1, -0.05) is 47.6 Å². The number of nitrogens with zero attached hydrogens (tertiary/aromatic N) is 4. The Labute approximate surface area is 257 Å². The summed E-state index contributed by atoms with van der Waals surface area (Å²) in [5, 5.41) is 3.58. The Morgan fingerprint density at radius 1 is 0.930 bits per heavy atom. The zero-order valence-corrected chi connectivity index (χ0v) is 24.8. The molecular formula is C31H29ClF3N5O2S. The van der Waals surface area contributed by atoms with E-state index in [1.807, 2.05) is 18.2 Å². The van der Waals surface area contributed by atoms with Gasteiger partial charge in [0.25, 0.3) is 5.91 Å². The minimum absolute atomic E-state index is 0.0186. The van der Waals surface area contributed by atoms with Crippen LogP contribution in [0.25, 0.3) is 0 Å². The van der Waals surface area contributed by atoms with Crippen molar-refractivity contribution in [3.05, 3.63) is 106 Å². The number of carbonyl (C=O) groups is 1. The zero-order chi connectivity index (χ0) is 30.4. The van der Waals surface area contributed by atoms with Crippen LogP contribution in [-0.4, -0.2) is 49.2 Å². The maximum atomic E-state index is 13.0. The van der Waals surface area contributed by atoms with Crippen LogP contribution in [0.15, 0.2) is 84.0 Å². The number of benzene rings is 3. The van der Waals surface area contributed by atoms with Crippen molar-refractivity contribution in [2.75, 3.05) is 43.1 Å². The van der Waals surface area contributed by atoms with Gasteiger partial charge in [-0.3, -0.25) is 4.79 Å². The van der Waals surface area contributed by atoms with Crippen molar-refractivity contribution in [1.82, 2.24) is 15.3 Å². The molecule has 5 rings (SSSR count). The third-order valence-electron chi connectivity index (χ3n) is 6.97. The summed E-state index contributed by atoms with van der Waals surface area (Å²) in [6.45, 7) is 3.20. The number of rotatable bonds is 9. The van der Waals surface area contributed by atoms with Gasteiger partial charge in [-0.2, -0.15) is 13.2 Å². The Balaban J connectivity index is 1.16. The fourth-order valence-corrected chi connectivity index (χ4v) is 5.72. The molecule has 7 nitrogen and oxygen atoms in total. The molecule has 0 bridgehead atoms. The van der Waals surface area contributed by atoms with E-state index in [9.17, 15) is 18.0 Å². The van der Waals surface area contributed by atoms with Crippen LogP contribution < -0.4 is 19.9 Å². The molecule has 1 saturated heterocycles. The van der Waals surface area contributed by atoms with Crippen LogP contribution in [0.3, 0.4) is 0 Å². The lowest BCUT2D eigenvalue weighted by Crippen LogP contribution is -2.46. The highest BCUT2D eigenvalue weighted by atomic mass is 35.5. The standard InChI is InChI=1S/C31H29ClF3N5O2S/c1-42-26-10-8-25(9-11-26)39-12-14-40(15-13-39)28-18-27(32)37-30(38-28)43-20-22-5-2-6-23(16-22)29(41)36-19-21-4-3-7-24(17-21)31(33,34)35/h2-11,16-18H,12-15,19-20H2,1H3,(H,36,41). The lowest BCUT2D eigenvalue weighted by atomic mass is 10.1. The van der Waals surface area contributed by atoms with Crippen LogP contribution in [-0.2, 0) is 18.5 Å². The molecule has 1 fully saturated rings. The molecule has 0 radical (unpaired) electrons. The summed E-state index contributed by atoms with van der Waals surface area (Å²) in [4.78, 5) is 26.4. The third kappa shape index (κ3) is 8.11. The number of methoxy groups -OCH3 is 1. The molecule has 43 heavy (non-hydrogen) atoms. The number of aromatic nitrogens is 2. The molecule has 3 aromatic carbocycles. The molecule has 1 amide bonds. The molecule has 0 spiro atoms. The first-order valence-corrected chi connectivity index (χ1v) is 14.9. The number of alkyl halides is 3. The maximum absolute atomic E-state index is 13.0. The Morgan fingerprint density at radius 2 is 1.63 bits per heavy atom. The van der Waals surface area contributed by atoms with Crippen molar-refractivity contribution >= 4 is 40.8 Å². The normalized spacial score (nSPS) is 13.6. The molecular weight excluding hydrogens is 599 g/mol. The molecule has 1 aliphatic heterocycles. The molecule has 0 saturated carbocycles.